The van der Waals surface area contributed by atoms with E-state index in [1.165, 1.54) is 5.69 Å². The van der Waals surface area contributed by atoms with Gasteiger partial charge < -0.3 is 20.4 Å². The Hall–Kier alpha value is -1.59. The highest BCUT2D eigenvalue weighted by atomic mass is 16.5. The first kappa shape index (κ1) is 20.4. The van der Waals surface area contributed by atoms with E-state index >= 15 is 0 Å². The van der Waals surface area contributed by atoms with Crippen molar-refractivity contribution in [1.29, 1.82) is 0 Å². The zero-order valence-electron chi connectivity index (χ0n) is 14.7. The van der Waals surface area contributed by atoms with E-state index in [1.807, 2.05) is 34.6 Å². The predicted octanol–water partition coefficient (Wildman–Crippen LogP) is 3.42. The highest BCUT2D eigenvalue weighted by Crippen LogP contribution is 2.20. The van der Waals surface area contributed by atoms with Gasteiger partial charge in [-0.1, -0.05) is 34.6 Å². The summed E-state index contributed by atoms with van der Waals surface area (Å²) in [7, 11) is 0. The van der Waals surface area contributed by atoms with Crippen LogP contribution < -0.4 is 10.6 Å². The number of imidazole rings is 1. The predicted molar refractivity (Wildman–Crippen MR) is 96.6 cm³/mol. The molecule has 3 N–H and O–H groups in total. The number of ether oxygens (including phenoxy) is 1. The molecular formula is C17H32N4O. The van der Waals surface area contributed by atoms with E-state index in [-0.39, 0.29) is 0 Å². The highest BCUT2D eigenvalue weighted by molar-refractivity contribution is 5.79. The largest absolute Gasteiger partial charge is 0.378 e. The van der Waals surface area contributed by atoms with E-state index < -0.39 is 0 Å². The van der Waals surface area contributed by atoms with Crippen molar-refractivity contribution < 1.29 is 4.74 Å². The van der Waals surface area contributed by atoms with Crippen molar-refractivity contribution in [3.63, 3.8) is 0 Å². The van der Waals surface area contributed by atoms with Crippen molar-refractivity contribution in [3.8, 4) is 0 Å². The topological polar surface area (TPSA) is 67.2 Å². The van der Waals surface area contributed by atoms with Crippen molar-refractivity contribution in [3.05, 3.63) is 24.5 Å². The Morgan fingerprint density at radius 2 is 1.77 bits per heavy atom. The minimum atomic E-state index is 0.750. The number of fused-ring (bicyclic) bond motifs is 1. The average molecular weight is 308 g/mol. The molecule has 1 fully saturated rings. The summed E-state index contributed by atoms with van der Waals surface area (Å²) < 4.78 is 5.33. The van der Waals surface area contributed by atoms with Crippen LogP contribution in [0.15, 0.2) is 24.5 Å². The Morgan fingerprint density at radius 1 is 1.18 bits per heavy atom. The molecule has 3 rings (SSSR count). The zero-order valence-corrected chi connectivity index (χ0v) is 14.7. The van der Waals surface area contributed by atoms with Gasteiger partial charge in [0.15, 0.2) is 0 Å². The number of hydrogen-bond acceptors (Lipinski definition) is 4. The minimum Gasteiger partial charge on any atom is -0.378 e. The van der Waals surface area contributed by atoms with Crippen molar-refractivity contribution >= 4 is 16.7 Å². The van der Waals surface area contributed by atoms with Crippen LogP contribution in [0.25, 0.3) is 11.0 Å². The van der Waals surface area contributed by atoms with Crippen LogP contribution in [-0.4, -0.2) is 42.8 Å². The Kier molecular flexibility index (Phi) is 12.2. The fourth-order valence-electron chi connectivity index (χ4n) is 1.94. The van der Waals surface area contributed by atoms with Crippen LogP contribution in [0.4, 0.5) is 5.69 Å². The van der Waals surface area contributed by atoms with Crippen LogP contribution in [0.5, 0.6) is 0 Å². The number of hydrogen-bond donors (Lipinski definition) is 2. The van der Waals surface area contributed by atoms with Gasteiger partial charge in [0, 0.05) is 18.8 Å². The summed E-state index contributed by atoms with van der Waals surface area (Å²) in [5, 5.41) is 0. The smallest absolute Gasteiger partial charge is 0.0931 e. The second-order valence-electron chi connectivity index (χ2n) is 4.11. The quantitative estimate of drug-likeness (QED) is 0.847. The summed E-state index contributed by atoms with van der Waals surface area (Å²) in [5.74, 6) is 0. The van der Waals surface area contributed by atoms with Gasteiger partial charge in [-0.2, -0.15) is 0 Å². The van der Waals surface area contributed by atoms with E-state index in [9.17, 15) is 0 Å². The molecule has 2 aromatic rings. The van der Waals surface area contributed by atoms with Gasteiger partial charge in [-0.25, -0.2) is 4.98 Å². The monoisotopic (exact) mass is 308 g/mol. The molecule has 22 heavy (non-hydrogen) atoms. The van der Waals surface area contributed by atoms with Crippen LogP contribution >= 0.6 is 0 Å². The van der Waals surface area contributed by atoms with Gasteiger partial charge >= 0.3 is 0 Å². The first-order chi connectivity index (χ1) is 10.8. The number of morpholine rings is 1. The van der Waals surface area contributed by atoms with E-state index in [2.05, 4.69) is 33.1 Å². The lowest BCUT2D eigenvalue weighted by atomic mass is 10.2. The average Bonchev–Trinajstić information content (AvgIpc) is 3.08. The molecule has 0 amide bonds. The number of nitrogens with zero attached hydrogens (tertiary/aromatic N) is 2. The summed E-state index contributed by atoms with van der Waals surface area (Å²) in [4.78, 5) is 9.67. The molecule has 5 nitrogen and oxygen atoms in total. The van der Waals surface area contributed by atoms with Gasteiger partial charge in [0.05, 0.1) is 30.6 Å². The number of nitrogens with two attached hydrogens (primary N) is 1. The number of H-pyrrole nitrogens is 1. The third-order valence-electron chi connectivity index (χ3n) is 2.78. The van der Waals surface area contributed by atoms with Gasteiger partial charge in [-0.3, -0.25) is 0 Å². The molecule has 0 bridgehead atoms. The molecule has 0 unspecified atom stereocenters. The fourth-order valence-corrected chi connectivity index (χ4v) is 1.94. The lowest BCUT2D eigenvalue weighted by molar-refractivity contribution is 0.122. The fraction of sp³-hybridized carbons (Fsp3) is 0.588. The minimum absolute atomic E-state index is 0.750. The molecule has 1 aliphatic rings. The summed E-state index contributed by atoms with van der Waals surface area (Å²) in [6.45, 7) is 14.2. The molecule has 2 heterocycles. The van der Waals surface area contributed by atoms with Crippen molar-refractivity contribution in [1.82, 2.24) is 9.97 Å². The van der Waals surface area contributed by atoms with E-state index in [4.69, 9.17) is 10.5 Å². The molecule has 0 radical (unpaired) electrons. The number of anilines is 1. The Bertz CT molecular complexity index is 478. The van der Waals surface area contributed by atoms with Gasteiger partial charge in [-0.05, 0) is 24.7 Å². The van der Waals surface area contributed by atoms with E-state index in [0.717, 1.165) is 43.9 Å². The van der Waals surface area contributed by atoms with E-state index in [1.54, 1.807) is 6.33 Å². The molecule has 1 aliphatic heterocycles. The number of rotatable bonds is 1. The lowest BCUT2D eigenvalue weighted by Gasteiger charge is -2.28. The summed E-state index contributed by atoms with van der Waals surface area (Å²) >= 11 is 0. The maximum atomic E-state index is 5.33. The SMILES string of the molecule is CC.CC.CCN.c1nc2ccc(N3CCOCC3)cc2[nH]1. The van der Waals surface area contributed by atoms with Gasteiger partial charge in [-0.15, -0.1) is 0 Å². The molecule has 5 heteroatoms. The second kappa shape index (κ2) is 13.1. The maximum absolute atomic E-state index is 5.33. The molecule has 126 valence electrons. The molecular weight excluding hydrogens is 276 g/mol. The maximum Gasteiger partial charge on any atom is 0.0931 e. The third-order valence-corrected chi connectivity index (χ3v) is 2.78. The molecule has 0 spiro atoms. The van der Waals surface area contributed by atoms with Crippen molar-refractivity contribution in [2.24, 2.45) is 5.73 Å². The number of aromatic nitrogens is 2. The van der Waals surface area contributed by atoms with Crippen LogP contribution in [0.2, 0.25) is 0 Å². The van der Waals surface area contributed by atoms with Crippen molar-refractivity contribution in [2.45, 2.75) is 34.6 Å². The van der Waals surface area contributed by atoms with Crippen LogP contribution in [-0.2, 0) is 4.74 Å². The van der Waals surface area contributed by atoms with Crippen LogP contribution in [0, 0.1) is 0 Å². The van der Waals surface area contributed by atoms with Gasteiger partial charge in [0.2, 0.25) is 0 Å². The summed E-state index contributed by atoms with van der Waals surface area (Å²) in [6.07, 6.45) is 1.73. The van der Waals surface area contributed by atoms with Crippen molar-refractivity contribution in [2.75, 3.05) is 37.7 Å². The summed E-state index contributed by atoms with van der Waals surface area (Å²) in [5.41, 5.74) is 8.21. The van der Waals surface area contributed by atoms with Gasteiger partial charge in [0.1, 0.15) is 0 Å². The molecule has 1 aromatic heterocycles. The Balaban J connectivity index is 0.000000553. The molecule has 0 atom stereocenters. The lowest BCUT2D eigenvalue weighted by Crippen LogP contribution is -2.36. The highest BCUT2D eigenvalue weighted by Gasteiger charge is 2.11. The zero-order chi connectivity index (χ0) is 16.8. The normalized spacial score (nSPS) is 13.1. The molecule has 0 aliphatic carbocycles. The number of nitrogens with one attached hydrogen (secondary N) is 1. The molecule has 1 saturated heterocycles. The summed E-state index contributed by atoms with van der Waals surface area (Å²) in [6, 6.07) is 6.32. The second-order valence-corrected chi connectivity index (χ2v) is 4.11. The van der Waals surface area contributed by atoms with Gasteiger partial charge in [0.25, 0.3) is 0 Å². The molecule has 0 saturated carbocycles. The number of benzene rings is 1. The first-order valence-electron chi connectivity index (χ1n) is 8.31. The first-order valence-corrected chi connectivity index (χ1v) is 8.31. The van der Waals surface area contributed by atoms with Crippen LogP contribution in [0.1, 0.15) is 34.6 Å². The Labute approximate surface area is 134 Å². The standard InChI is InChI=1S/C11H13N3O.C2H7N.2C2H6/c1-2-10-11(13-8-12-10)7-9(1)14-3-5-15-6-4-14;1-2-3;2*1-2/h1-2,7-8H,3-6H2,(H,12,13);2-3H2,1H3;2*1-2H3. The van der Waals surface area contributed by atoms with Crippen LogP contribution in [0.3, 0.4) is 0 Å². The number of aromatic amines is 1. The van der Waals surface area contributed by atoms with E-state index in [0.29, 0.717) is 0 Å². The Morgan fingerprint density at radius 3 is 2.36 bits per heavy atom. The third kappa shape index (κ3) is 6.45. The molecule has 1 aromatic carbocycles.